The van der Waals surface area contributed by atoms with Crippen molar-refractivity contribution < 1.29 is 9.18 Å². The van der Waals surface area contributed by atoms with Crippen LogP contribution >= 0.6 is 11.6 Å². The molecule has 26 heavy (non-hydrogen) atoms. The molecule has 1 amide bonds. The van der Waals surface area contributed by atoms with Crippen LogP contribution in [0.15, 0.2) is 42.5 Å². The van der Waals surface area contributed by atoms with Gasteiger partial charge in [0.1, 0.15) is 5.82 Å². The standard InChI is InChI=1S/C21H24ClFN2O/c1-13-11-15(7-8-19(13)23)20(17-5-3-4-6-18(17)22)25-21(26)16-9-10-24-14(2)12-16/h3-8,11,14,16,20,24H,9-10,12H2,1-2H3,(H,25,26)/t14-,16-,20?/m0/s1. The van der Waals surface area contributed by atoms with E-state index in [0.717, 1.165) is 30.5 Å². The van der Waals surface area contributed by atoms with Gasteiger partial charge in [-0.2, -0.15) is 0 Å². The minimum atomic E-state index is -0.402. The Balaban J connectivity index is 1.91. The van der Waals surface area contributed by atoms with Crippen molar-refractivity contribution in [3.05, 3.63) is 70.0 Å². The molecule has 0 aliphatic carbocycles. The molecular formula is C21H24ClFN2O. The van der Waals surface area contributed by atoms with Gasteiger partial charge in [0.25, 0.3) is 0 Å². The molecule has 1 heterocycles. The van der Waals surface area contributed by atoms with Crippen molar-refractivity contribution in [2.75, 3.05) is 6.54 Å². The summed E-state index contributed by atoms with van der Waals surface area (Å²) in [6, 6.07) is 12.3. The number of hydrogen-bond acceptors (Lipinski definition) is 2. The average Bonchev–Trinajstić information content (AvgIpc) is 2.63. The highest BCUT2D eigenvalue weighted by molar-refractivity contribution is 6.31. The van der Waals surface area contributed by atoms with E-state index in [4.69, 9.17) is 11.6 Å². The Morgan fingerprint density at radius 2 is 2.08 bits per heavy atom. The van der Waals surface area contributed by atoms with E-state index >= 15 is 0 Å². The van der Waals surface area contributed by atoms with E-state index in [-0.39, 0.29) is 17.6 Å². The maximum Gasteiger partial charge on any atom is 0.223 e. The third-order valence-corrected chi connectivity index (χ3v) is 5.36. The van der Waals surface area contributed by atoms with Crippen LogP contribution in [0.2, 0.25) is 5.02 Å². The van der Waals surface area contributed by atoms with Crippen molar-refractivity contribution in [2.45, 2.75) is 38.8 Å². The van der Waals surface area contributed by atoms with Gasteiger partial charge in [0, 0.05) is 17.0 Å². The fourth-order valence-corrected chi connectivity index (χ4v) is 3.77. The van der Waals surface area contributed by atoms with Gasteiger partial charge < -0.3 is 10.6 Å². The molecule has 138 valence electrons. The van der Waals surface area contributed by atoms with E-state index < -0.39 is 6.04 Å². The number of hydrogen-bond donors (Lipinski definition) is 2. The smallest absolute Gasteiger partial charge is 0.223 e. The molecule has 0 radical (unpaired) electrons. The molecular weight excluding hydrogens is 351 g/mol. The van der Waals surface area contributed by atoms with Gasteiger partial charge >= 0.3 is 0 Å². The van der Waals surface area contributed by atoms with Crippen molar-refractivity contribution in [1.82, 2.24) is 10.6 Å². The second-order valence-electron chi connectivity index (χ2n) is 7.05. The van der Waals surface area contributed by atoms with Crippen LogP contribution in [-0.2, 0) is 4.79 Å². The molecule has 0 aromatic heterocycles. The summed E-state index contributed by atoms with van der Waals surface area (Å²) in [5, 5.41) is 7.10. The Bertz CT molecular complexity index is 795. The summed E-state index contributed by atoms with van der Waals surface area (Å²) in [6.45, 7) is 4.65. The van der Waals surface area contributed by atoms with Crippen LogP contribution < -0.4 is 10.6 Å². The summed E-state index contributed by atoms with van der Waals surface area (Å²) in [7, 11) is 0. The van der Waals surface area contributed by atoms with Gasteiger partial charge in [0.15, 0.2) is 0 Å². The molecule has 1 saturated heterocycles. The Morgan fingerprint density at radius 3 is 2.77 bits per heavy atom. The van der Waals surface area contributed by atoms with Gasteiger partial charge in [0.05, 0.1) is 6.04 Å². The monoisotopic (exact) mass is 374 g/mol. The molecule has 5 heteroatoms. The zero-order valence-electron chi connectivity index (χ0n) is 15.1. The molecule has 0 saturated carbocycles. The van der Waals surface area contributed by atoms with Crippen LogP contribution in [0.5, 0.6) is 0 Å². The molecule has 0 bridgehead atoms. The third kappa shape index (κ3) is 4.25. The van der Waals surface area contributed by atoms with Crippen LogP contribution in [0, 0.1) is 18.7 Å². The number of nitrogens with one attached hydrogen (secondary N) is 2. The molecule has 0 spiro atoms. The first-order valence-corrected chi connectivity index (χ1v) is 9.37. The van der Waals surface area contributed by atoms with Crippen molar-refractivity contribution >= 4 is 17.5 Å². The Hall–Kier alpha value is -1.91. The quantitative estimate of drug-likeness (QED) is 0.833. The summed E-state index contributed by atoms with van der Waals surface area (Å²) >= 11 is 6.40. The molecule has 1 fully saturated rings. The van der Waals surface area contributed by atoms with Crippen molar-refractivity contribution in [3.63, 3.8) is 0 Å². The second kappa shape index (κ2) is 8.19. The second-order valence-corrected chi connectivity index (χ2v) is 7.46. The van der Waals surface area contributed by atoms with Gasteiger partial charge in [-0.15, -0.1) is 0 Å². The Labute approximate surface area is 158 Å². The van der Waals surface area contributed by atoms with Gasteiger partial charge in [-0.1, -0.05) is 41.9 Å². The van der Waals surface area contributed by atoms with E-state index in [1.54, 1.807) is 25.1 Å². The molecule has 2 aromatic rings. The average molecular weight is 375 g/mol. The number of rotatable bonds is 4. The number of halogens is 2. The first kappa shape index (κ1) is 18.9. The molecule has 3 atom stereocenters. The lowest BCUT2D eigenvalue weighted by Crippen LogP contribution is -2.43. The van der Waals surface area contributed by atoms with Crippen molar-refractivity contribution in [2.24, 2.45) is 5.92 Å². The minimum absolute atomic E-state index is 0.0187. The first-order valence-electron chi connectivity index (χ1n) is 9.00. The fraction of sp³-hybridized carbons (Fsp3) is 0.381. The van der Waals surface area contributed by atoms with E-state index in [0.29, 0.717) is 16.6 Å². The third-order valence-electron chi connectivity index (χ3n) is 5.01. The van der Waals surface area contributed by atoms with Crippen LogP contribution in [0.3, 0.4) is 0 Å². The molecule has 1 aliphatic heterocycles. The number of benzene rings is 2. The highest BCUT2D eigenvalue weighted by Gasteiger charge is 2.28. The predicted molar refractivity (Wildman–Crippen MR) is 103 cm³/mol. The maximum atomic E-state index is 13.7. The maximum absolute atomic E-state index is 13.7. The lowest BCUT2D eigenvalue weighted by molar-refractivity contribution is -0.126. The topological polar surface area (TPSA) is 41.1 Å². The van der Waals surface area contributed by atoms with E-state index in [2.05, 4.69) is 17.6 Å². The zero-order valence-corrected chi connectivity index (χ0v) is 15.8. The number of piperidine rings is 1. The lowest BCUT2D eigenvalue weighted by Gasteiger charge is -2.29. The zero-order chi connectivity index (χ0) is 18.7. The van der Waals surface area contributed by atoms with Crippen LogP contribution in [-0.4, -0.2) is 18.5 Å². The van der Waals surface area contributed by atoms with Crippen LogP contribution in [0.1, 0.15) is 42.5 Å². The molecule has 3 rings (SSSR count). The summed E-state index contributed by atoms with van der Waals surface area (Å²) in [6.07, 6.45) is 1.62. The molecule has 2 N–H and O–H groups in total. The predicted octanol–water partition coefficient (Wildman–Crippen LogP) is 4.38. The van der Waals surface area contributed by atoms with E-state index in [1.165, 1.54) is 6.07 Å². The summed E-state index contributed by atoms with van der Waals surface area (Å²) in [5.74, 6) is -0.270. The number of amides is 1. The lowest BCUT2D eigenvalue weighted by atomic mass is 9.91. The summed E-state index contributed by atoms with van der Waals surface area (Å²) in [5.41, 5.74) is 2.19. The SMILES string of the molecule is Cc1cc(C(NC(=O)[C@H]2CCN[C@@H](C)C2)c2ccccc2Cl)ccc1F. The minimum Gasteiger partial charge on any atom is -0.345 e. The molecule has 2 aromatic carbocycles. The van der Waals surface area contributed by atoms with Crippen LogP contribution in [0.4, 0.5) is 4.39 Å². The van der Waals surface area contributed by atoms with Gasteiger partial charge in [-0.3, -0.25) is 4.79 Å². The summed E-state index contributed by atoms with van der Waals surface area (Å²) in [4.78, 5) is 12.9. The van der Waals surface area contributed by atoms with E-state index in [9.17, 15) is 9.18 Å². The highest BCUT2D eigenvalue weighted by Crippen LogP contribution is 2.30. The van der Waals surface area contributed by atoms with E-state index in [1.807, 2.05) is 18.2 Å². The molecule has 1 aliphatic rings. The van der Waals surface area contributed by atoms with Gasteiger partial charge in [0.2, 0.25) is 5.91 Å². The Morgan fingerprint density at radius 1 is 1.31 bits per heavy atom. The van der Waals surface area contributed by atoms with Crippen molar-refractivity contribution in [3.8, 4) is 0 Å². The molecule has 3 nitrogen and oxygen atoms in total. The molecule has 1 unspecified atom stereocenters. The van der Waals surface area contributed by atoms with Gasteiger partial charge in [-0.25, -0.2) is 4.39 Å². The largest absolute Gasteiger partial charge is 0.345 e. The number of aryl methyl sites for hydroxylation is 1. The number of carbonyl (C=O) groups is 1. The normalized spacial score (nSPS) is 21.2. The number of carbonyl (C=O) groups excluding carboxylic acids is 1. The highest BCUT2D eigenvalue weighted by atomic mass is 35.5. The van der Waals surface area contributed by atoms with Crippen molar-refractivity contribution in [1.29, 1.82) is 0 Å². The first-order chi connectivity index (χ1) is 12.5. The fourth-order valence-electron chi connectivity index (χ4n) is 3.53. The van der Waals surface area contributed by atoms with Gasteiger partial charge in [-0.05, 0) is 62.1 Å². The Kier molecular flexibility index (Phi) is 5.94. The summed E-state index contributed by atoms with van der Waals surface area (Å²) < 4.78 is 13.7. The van der Waals surface area contributed by atoms with Crippen LogP contribution in [0.25, 0.3) is 0 Å².